The molecule has 13 heteroatoms. The molecule has 0 amide bonds. The van der Waals surface area contributed by atoms with Crippen molar-refractivity contribution < 1.29 is 24.5 Å². The molecule has 1 saturated carbocycles. The summed E-state index contributed by atoms with van der Waals surface area (Å²) in [5.74, 6) is -2.48. The van der Waals surface area contributed by atoms with Crippen LogP contribution in [-0.2, 0) is 0 Å². The first-order chi connectivity index (χ1) is 12.1. The van der Waals surface area contributed by atoms with Crippen LogP contribution in [0.1, 0.15) is 29.6 Å². The van der Waals surface area contributed by atoms with Crippen LogP contribution in [0.5, 0.6) is 0 Å². The largest absolute Gasteiger partial charge is 0.473 e. The number of ketones is 1. The zero-order valence-electron chi connectivity index (χ0n) is 13.0. The minimum atomic E-state index is -3.20. The lowest BCUT2D eigenvalue weighted by Gasteiger charge is -2.31. The first-order valence-electron chi connectivity index (χ1n) is 7.24. The van der Waals surface area contributed by atoms with Gasteiger partial charge in [-0.1, -0.05) is 30.3 Å². The van der Waals surface area contributed by atoms with Gasteiger partial charge in [0.2, 0.25) is 6.42 Å². The topological polar surface area (TPSA) is 190 Å². The molecule has 0 radical (unpaired) electrons. The third kappa shape index (κ3) is 2.82. The van der Waals surface area contributed by atoms with E-state index in [0.717, 1.165) is 0 Å². The van der Waals surface area contributed by atoms with Crippen molar-refractivity contribution in [3.05, 3.63) is 76.4 Å². The van der Waals surface area contributed by atoms with Crippen molar-refractivity contribution in [1.82, 2.24) is 0 Å². The molecule has 1 aliphatic rings. The van der Waals surface area contributed by atoms with E-state index in [-0.39, 0.29) is 5.56 Å². The number of hydrogen-bond donors (Lipinski definition) is 0. The molecule has 0 heterocycles. The molecule has 2 rings (SSSR count). The molecule has 138 valence electrons. The molecule has 26 heavy (non-hydrogen) atoms. The van der Waals surface area contributed by atoms with Crippen LogP contribution in [0.25, 0.3) is 0 Å². The molecule has 13 nitrogen and oxygen atoms in total. The molecule has 0 saturated heterocycles. The van der Waals surface area contributed by atoms with Crippen LogP contribution in [0.4, 0.5) is 0 Å². The van der Waals surface area contributed by atoms with Crippen LogP contribution in [-0.4, -0.2) is 36.8 Å². The highest BCUT2D eigenvalue weighted by Crippen LogP contribution is 2.44. The minimum absolute atomic E-state index is 0.000548. The summed E-state index contributed by atoms with van der Waals surface area (Å²) in [6.45, 7) is 0. The highest BCUT2D eigenvalue weighted by molar-refractivity contribution is 5.98. The van der Waals surface area contributed by atoms with Crippen LogP contribution in [0, 0.1) is 46.4 Å². The average Bonchev–Trinajstić information content (AvgIpc) is 2.60. The van der Waals surface area contributed by atoms with Gasteiger partial charge in [-0.3, -0.25) is 45.3 Å². The van der Waals surface area contributed by atoms with E-state index in [0.29, 0.717) is 0 Å². The van der Waals surface area contributed by atoms with E-state index in [2.05, 4.69) is 0 Å². The Kier molecular flexibility index (Phi) is 4.65. The van der Waals surface area contributed by atoms with Crippen molar-refractivity contribution in [1.29, 1.82) is 0 Å². The molecule has 0 aliphatic heterocycles. The normalized spacial score (nSPS) is 18.6. The second-order valence-corrected chi connectivity index (χ2v) is 6.01. The number of nitrogens with zero attached hydrogens (tertiary/aromatic N) is 4. The van der Waals surface area contributed by atoms with Gasteiger partial charge in [0.1, 0.15) is 12.8 Å². The molecule has 1 aromatic carbocycles. The fraction of sp³-hybridized carbons (Fsp3) is 0.462. The Labute approximate surface area is 144 Å². The maximum atomic E-state index is 12.6. The minimum Gasteiger partial charge on any atom is -0.294 e. The van der Waals surface area contributed by atoms with E-state index in [4.69, 9.17) is 0 Å². The van der Waals surface area contributed by atoms with E-state index in [1.165, 1.54) is 24.3 Å². The van der Waals surface area contributed by atoms with Crippen LogP contribution in [0.15, 0.2) is 30.3 Å². The van der Waals surface area contributed by atoms with Crippen molar-refractivity contribution in [2.75, 3.05) is 0 Å². The Morgan fingerprint density at radius 1 is 0.808 bits per heavy atom. The summed E-state index contributed by atoms with van der Waals surface area (Å²) < 4.78 is 0. The fourth-order valence-corrected chi connectivity index (χ4v) is 3.17. The Bertz CT molecular complexity index is 726. The van der Waals surface area contributed by atoms with Gasteiger partial charge in [0, 0.05) is 5.56 Å². The Morgan fingerprint density at radius 2 is 1.19 bits per heavy atom. The summed E-state index contributed by atoms with van der Waals surface area (Å²) in [6.07, 6.45) is -3.48. The lowest BCUT2D eigenvalue weighted by atomic mass is 9.72. The third-order valence-corrected chi connectivity index (χ3v) is 4.50. The van der Waals surface area contributed by atoms with Crippen LogP contribution in [0.2, 0.25) is 0 Å². The van der Waals surface area contributed by atoms with Crippen molar-refractivity contribution in [3.63, 3.8) is 0 Å². The van der Waals surface area contributed by atoms with E-state index in [1.54, 1.807) is 6.07 Å². The lowest BCUT2D eigenvalue weighted by Crippen LogP contribution is -2.63. The second-order valence-electron chi connectivity index (χ2n) is 6.01. The van der Waals surface area contributed by atoms with Crippen LogP contribution < -0.4 is 0 Å². The van der Waals surface area contributed by atoms with Gasteiger partial charge in [0.05, 0.1) is 25.6 Å². The van der Waals surface area contributed by atoms with Crippen LogP contribution >= 0.6 is 0 Å². The number of rotatable bonds is 6. The van der Waals surface area contributed by atoms with E-state index in [1.807, 2.05) is 0 Å². The Morgan fingerprint density at radius 3 is 1.54 bits per heavy atom. The first-order valence-corrected chi connectivity index (χ1v) is 7.24. The van der Waals surface area contributed by atoms with Crippen molar-refractivity contribution in [2.45, 2.75) is 30.6 Å². The van der Waals surface area contributed by atoms with E-state index in [9.17, 15) is 45.3 Å². The van der Waals surface area contributed by atoms with Gasteiger partial charge in [-0.25, -0.2) is 0 Å². The van der Waals surface area contributed by atoms with Crippen molar-refractivity contribution >= 4 is 5.78 Å². The van der Waals surface area contributed by atoms with Gasteiger partial charge in [0.15, 0.2) is 5.78 Å². The van der Waals surface area contributed by atoms with Gasteiger partial charge in [-0.15, -0.1) is 0 Å². The number of carbonyl (C=O) groups excluding carboxylic acids is 1. The van der Waals surface area contributed by atoms with Gasteiger partial charge in [-0.05, 0) is 0 Å². The van der Waals surface area contributed by atoms with Gasteiger partial charge in [0.25, 0.3) is 0 Å². The molecule has 0 atom stereocenters. The van der Waals surface area contributed by atoms with Crippen molar-refractivity contribution in [3.8, 4) is 0 Å². The third-order valence-electron chi connectivity index (χ3n) is 4.50. The standard InChI is InChI=1S/C13H12N4O9/c18-11(9-4-2-1-3-5-9)10-6-12(14(19)20,15(21)22)8-13(7-10,16(23)24)17(25)26/h1-5,10H,6-8H2. The van der Waals surface area contributed by atoms with Crippen molar-refractivity contribution in [2.24, 2.45) is 5.92 Å². The second kappa shape index (κ2) is 6.42. The summed E-state index contributed by atoms with van der Waals surface area (Å²) in [6, 6.07) is 7.11. The molecule has 0 aromatic heterocycles. The number of benzene rings is 1. The molecule has 0 spiro atoms. The quantitative estimate of drug-likeness (QED) is 0.307. The van der Waals surface area contributed by atoms with E-state index < -0.39 is 62.0 Å². The van der Waals surface area contributed by atoms with Crippen LogP contribution in [0.3, 0.4) is 0 Å². The zero-order chi connectivity index (χ0) is 19.7. The predicted octanol–water partition coefficient (Wildman–Crippen LogP) is 1.17. The number of Topliss-reactive ketones (excluding diaryl/α,β-unsaturated/α-hetero) is 1. The SMILES string of the molecule is O=C(c1ccccc1)C1CC([N+](=O)[O-])([N+](=O)[O-])CC([N+](=O)[O-])([N+](=O)[O-])C1. The lowest BCUT2D eigenvalue weighted by molar-refractivity contribution is -0.855. The highest BCUT2D eigenvalue weighted by atomic mass is 16.7. The Hall–Kier alpha value is -3.51. The monoisotopic (exact) mass is 368 g/mol. The first kappa shape index (κ1) is 18.8. The molecular weight excluding hydrogens is 356 g/mol. The van der Waals surface area contributed by atoms with Gasteiger partial charge >= 0.3 is 11.3 Å². The molecular formula is C13H12N4O9. The maximum absolute atomic E-state index is 12.6. The molecule has 1 fully saturated rings. The van der Waals surface area contributed by atoms with Gasteiger partial charge < -0.3 is 0 Å². The molecule has 1 aromatic rings. The zero-order valence-corrected chi connectivity index (χ0v) is 13.0. The predicted molar refractivity (Wildman–Crippen MR) is 81.6 cm³/mol. The van der Waals surface area contributed by atoms with E-state index >= 15 is 0 Å². The maximum Gasteiger partial charge on any atom is 0.473 e. The molecule has 0 N–H and O–H groups in total. The molecule has 0 unspecified atom stereocenters. The summed E-state index contributed by atoms with van der Waals surface area (Å²) in [5, 5.41) is 45.5. The number of nitro groups is 4. The van der Waals surface area contributed by atoms with Gasteiger partial charge in [-0.2, -0.15) is 0 Å². The smallest absolute Gasteiger partial charge is 0.294 e. The Balaban J connectivity index is 2.61. The average molecular weight is 368 g/mol. The molecule has 1 aliphatic carbocycles. The summed E-state index contributed by atoms with van der Waals surface area (Å²) >= 11 is 0. The highest BCUT2D eigenvalue weighted by Gasteiger charge is 2.77. The summed E-state index contributed by atoms with van der Waals surface area (Å²) in [7, 11) is 0. The summed E-state index contributed by atoms with van der Waals surface area (Å²) in [5.41, 5.74) is -6.40. The number of hydrogen-bond acceptors (Lipinski definition) is 9. The fourth-order valence-electron chi connectivity index (χ4n) is 3.17. The number of carbonyl (C=O) groups is 1. The summed E-state index contributed by atoms with van der Waals surface area (Å²) in [4.78, 5) is 52.5. The molecule has 0 bridgehead atoms.